The van der Waals surface area contributed by atoms with Crippen LogP contribution in [0.1, 0.15) is 27.2 Å². The fourth-order valence-corrected chi connectivity index (χ4v) is 1.82. The minimum atomic E-state index is -0.488. The fourth-order valence-electron chi connectivity index (χ4n) is 1.54. The number of hydrogen-bond acceptors (Lipinski definition) is 3. The Bertz CT molecular complexity index is 426. The summed E-state index contributed by atoms with van der Waals surface area (Å²) in [6.45, 7) is 6.32. The van der Waals surface area contributed by atoms with Crippen LogP contribution in [0.4, 0.5) is 10.5 Å². The first-order chi connectivity index (χ1) is 9.33. The highest BCUT2D eigenvalue weighted by molar-refractivity contribution is 6.08. The molecule has 0 aliphatic carbocycles. The summed E-state index contributed by atoms with van der Waals surface area (Å²) in [6, 6.07) is 8.73. The van der Waals surface area contributed by atoms with Crippen LogP contribution >= 0.6 is 0 Å². The van der Waals surface area contributed by atoms with Crippen molar-refractivity contribution in [3.63, 3.8) is 0 Å². The largest absolute Gasteiger partial charge is 0.494 e. The molecule has 5 heteroatoms. The number of benzene rings is 1. The Balaban J connectivity index is 2.61. The number of anilines is 1. The molecule has 0 aromatic heterocycles. The van der Waals surface area contributed by atoms with Crippen LogP contribution in [0.3, 0.4) is 0 Å². The normalized spacial score (nSPS) is 11.2. The first-order valence-electron chi connectivity index (χ1n) is 7.03. The van der Waals surface area contributed by atoms with Crippen molar-refractivity contribution in [2.24, 2.45) is 0 Å². The summed E-state index contributed by atoms with van der Waals surface area (Å²) in [5.41, 5.74) is 0.298. The third-order valence-electron chi connectivity index (χ3n) is 2.66. The highest BCUT2D eigenvalue weighted by atomic mass is 28.1. The lowest BCUT2D eigenvalue weighted by molar-refractivity contribution is 0.0589. The smallest absolute Gasteiger partial charge is 0.414 e. The lowest BCUT2D eigenvalue weighted by atomic mass is 10.2. The molecule has 0 aliphatic heterocycles. The van der Waals surface area contributed by atoms with Crippen LogP contribution in [0.15, 0.2) is 24.3 Å². The molecular formula is C15H25NO3Si. The van der Waals surface area contributed by atoms with Crippen molar-refractivity contribution in [2.75, 3.05) is 18.6 Å². The maximum absolute atomic E-state index is 11.9. The number of nitrogens with zero attached hydrogens (tertiary/aromatic N) is 1. The van der Waals surface area contributed by atoms with E-state index in [1.54, 1.807) is 7.05 Å². The molecule has 0 aliphatic rings. The molecule has 0 heterocycles. The van der Waals surface area contributed by atoms with Crippen molar-refractivity contribution in [3.05, 3.63) is 24.3 Å². The molecule has 0 fully saturated rings. The first-order valence-corrected chi connectivity index (χ1v) is 8.44. The SMILES string of the molecule is CN(C(=O)OC(C)(C)C)c1ccc(OCCC[SiH3])cc1. The molecule has 0 unspecified atom stereocenters. The van der Waals surface area contributed by atoms with Crippen molar-refractivity contribution >= 4 is 22.0 Å². The number of hydrogen-bond donors (Lipinski definition) is 0. The van der Waals surface area contributed by atoms with E-state index < -0.39 is 5.60 Å². The Morgan fingerprint density at radius 2 is 1.85 bits per heavy atom. The molecule has 0 radical (unpaired) electrons. The van der Waals surface area contributed by atoms with E-state index >= 15 is 0 Å². The number of carbonyl (C=O) groups is 1. The van der Waals surface area contributed by atoms with E-state index in [1.165, 1.54) is 21.2 Å². The molecule has 0 spiro atoms. The maximum atomic E-state index is 11.9. The van der Waals surface area contributed by atoms with E-state index in [4.69, 9.17) is 9.47 Å². The number of ether oxygens (including phenoxy) is 2. The number of amides is 1. The molecule has 0 bridgehead atoms. The molecule has 20 heavy (non-hydrogen) atoms. The maximum Gasteiger partial charge on any atom is 0.414 e. The van der Waals surface area contributed by atoms with Crippen LogP contribution in [0.25, 0.3) is 0 Å². The van der Waals surface area contributed by atoms with Gasteiger partial charge in [0.05, 0.1) is 6.61 Å². The molecule has 1 aromatic carbocycles. The van der Waals surface area contributed by atoms with E-state index in [9.17, 15) is 4.79 Å². The quantitative estimate of drug-likeness (QED) is 0.619. The standard InChI is InChI=1S/C15H25NO3Si/c1-15(2,3)19-14(17)16(4)12-6-8-13(9-7-12)18-10-5-11-20/h6-9H,5,10-11H2,1-4,20H3. The molecule has 0 N–H and O–H groups in total. The molecule has 4 nitrogen and oxygen atoms in total. The van der Waals surface area contributed by atoms with Gasteiger partial charge in [-0.15, -0.1) is 0 Å². The Labute approximate surface area is 124 Å². The van der Waals surface area contributed by atoms with Crippen LogP contribution in [0.2, 0.25) is 6.04 Å². The monoisotopic (exact) mass is 295 g/mol. The zero-order chi connectivity index (χ0) is 15.2. The van der Waals surface area contributed by atoms with E-state index in [1.807, 2.05) is 45.0 Å². The van der Waals surface area contributed by atoms with Gasteiger partial charge in [-0.25, -0.2) is 4.79 Å². The molecule has 1 aromatic rings. The predicted octanol–water partition coefficient (Wildman–Crippen LogP) is 2.61. The van der Waals surface area contributed by atoms with Crippen molar-refractivity contribution in [3.8, 4) is 5.75 Å². The second-order valence-corrected chi connectivity index (χ2v) is 6.74. The van der Waals surface area contributed by atoms with Crippen LogP contribution in [-0.4, -0.2) is 35.6 Å². The number of rotatable bonds is 5. The Morgan fingerprint density at radius 3 is 2.35 bits per heavy atom. The molecule has 112 valence electrons. The molecule has 1 rings (SSSR count). The van der Waals surface area contributed by atoms with Gasteiger partial charge in [-0.3, -0.25) is 4.90 Å². The van der Waals surface area contributed by atoms with Crippen LogP contribution in [-0.2, 0) is 4.74 Å². The topological polar surface area (TPSA) is 38.8 Å². The van der Waals surface area contributed by atoms with Crippen molar-refractivity contribution in [2.45, 2.75) is 38.8 Å². The summed E-state index contributed by atoms with van der Waals surface area (Å²) in [4.78, 5) is 13.4. The predicted molar refractivity (Wildman–Crippen MR) is 85.9 cm³/mol. The molecule has 0 saturated carbocycles. The summed E-state index contributed by atoms with van der Waals surface area (Å²) < 4.78 is 10.9. The van der Waals surface area contributed by atoms with Gasteiger partial charge in [-0.05, 0) is 51.5 Å². The van der Waals surface area contributed by atoms with Crippen LogP contribution in [0, 0.1) is 0 Å². The highest BCUT2D eigenvalue weighted by Crippen LogP contribution is 2.20. The molecule has 0 saturated heterocycles. The highest BCUT2D eigenvalue weighted by Gasteiger charge is 2.20. The van der Waals surface area contributed by atoms with Gasteiger partial charge in [0.2, 0.25) is 0 Å². The third kappa shape index (κ3) is 5.65. The van der Waals surface area contributed by atoms with Gasteiger partial charge < -0.3 is 9.47 Å². The van der Waals surface area contributed by atoms with E-state index in [2.05, 4.69) is 0 Å². The van der Waals surface area contributed by atoms with Gasteiger partial charge >= 0.3 is 6.09 Å². The van der Waals surface area contributed by atoms with Crippen molar-refractivity contribution in [1.82, 2.24) is 0 Å². The van der Waals surface area contributed by atoms with E-state index in [0.29, 0.717) is 0 Å². The van der Waals surface area contributed by atoms with Gasteiger partial charge in [-0.2, -0.15) is 0 Å². The zero-order valence-corrected chi connectivity index (χ0v) is 15.1. The second-order valence-electron chi connectivity index (χ2n) is 5.74. The average Bonchev–Trinajstić information content (AvgIpc) is 2.37. The Hall–Kier alpha value is -1.49. The minimum absolute atomic E-state index is 0.359. The van der Waals surface area contributed by atoms with E-state index in [0.717, 1.165) is 24.5 Å². The average molecular weight is 295 g/mol. The summed E-state index contributed by atoms with van der Waals surface area (Å²) in [7, 11) is 2.92. The van der Waals surface area contributed by atoms with Gasteiger partial charge in [-0.1, -0.05) is 6.04 Å². The first kappa shape index (κ1) is 16.6. The van der Waals surface area contributed by atoms with Gasteiger partial charge in [0, 0.05) is 23.0 Å². The van der Waals surface area contributed by atoms with Crippen LogP contribution in [0.5, 0.6) is 5.75 Å². The van der Waals surface area contributed by atoms with E-state index in [-0.39, 0.29) is 6.09 Å². The lowest BCUT2D eigenvalue weighted by Crippen LogP contribution is -2.34. The lowest BCUT2D eigenvalue weighted by Gasteiger charge is -2.24. The summed E-state index contributed by atoms with van der Waals surface area (Å²) in [5.74, 6) is 0.835. The summed E-state index contributed by atoms with van der Waals surface area (Å²) in [5, 5.41) is 0. The van der Waals surface area contributed by atoms with Gasteiger partial charge in [0.1, 0.15) is 11.4 Å². The Kier molecular flexibility index (Phi) is 6.07. The van der Waals surface area contributed by atoms with Crippen molar-refractivity contribution < 1.29 is 14.3 Å². The molecular weight excluding hydrogens is 270 g/mol. The van der Waals surface area contributed by atoms with Crippen molar-refractivity contribution in [1.29, 1.82) is 0 Å². The summed E-state index contributed by atoms with van der Waals surface area (Å²) in [6.07, 6.45) is 0.744. The second kappa shape index (κ2) is 7.33. The molecule has 1 amide bonds. The third-order valence-corrected chi connectivity index (χ3v) is 3.37. The molecule has 0 atom stereocenters. The fraction of sp³-hybridized carbons (Fsp3) is 0.533. The minimum Gasteiger partial charge on any atom is -0.494 e. The van der Waals surface area contributed by atoms with Crippen LogP contribution < -0.4 is 9.64 Å². The number of carbonyl (C=O) groups excluding carboxylic acids is 1. The zero-order valence-electron chi connectivity index (χ0n) is 13.1. The summed E-state index contributed by atoms with van der Waals surface area (Å²) >= 11 is 0. The van der Waals surface area contributed by atoms with Gasteiger partial charge in [0.25, 0.3) is 0 Å². The Morgan fingerprint density at radius 1 is 1.25 bits per heavy atom. The van der Waals surface area contributed by atoms with Gasteiger partial charge in [0.15, 0.2) is 0 Å².